The van der Waals surface area contributed by atoms with Crippen molar-refractivity contribution in [3.63, 3.8) is 0 Å². The molecule has 3 aromatic rings. The lowest BCUT2D eigenvalue weighted by molar-refractivity contribution is -0.157. The number of thiophene rings is 1. The van der Waals surface area contributed by atoms with E-state index in [9.17, 15) is 18.0 Å². The molecule has 2 aromatic carbocycles. The van der Waals surface area contributed by atoms with Gasteiger partial charge in [0.15, 0.2) is 6.61 Å². The number of hydrogen-bond acceptors (Lipinski definition) is 9. The van der Waals surface area contributed by atoms with Gasteiger partial charge in [0.1, 0.15) is 22.8 Å². The number of hydrogen-bond donors (Lipinski definition) is 1. The predicted octanol–water partition coefficient (Wildman–Crippen LogP) is 6.95. The lowest BCUT2D eigenvalue weighted by atomic mass is 9.95. The Balaban J connectivity index is 1.93. The van der Waals surface area contributed by atoms with Crippen LogP contribution in [-0.4, -0.2) is 50.4 Å². The third kappa shape index (κ3) is 9.07. The fraction of sp³-hybridized carbons (Fsp3) is 0.387. The van der Waals surface area contributed by atoms with Gasteiger partial charge in [-0.05, 0) is 114 Å². The summed E-state index contributed by atoms with van der Waals surface area (Å²) in [6, 6.07) is 11.8. The zero-order valence-corrected chi connectivity index (χ0v) is 28.3. The van der Waals surface area contributed by atoms with E-state index in [1.54, 1.807) is 78.1 Å². The van der Waals surface area contributed by atoms with E-state index in [0.717, 1.165) is 28.0 Å². The highest BCUT2D eigenvalue weighted by Crippen LogP contribution is 2.39. The molecule has 2 N–H and O–H groups in total. The van der Waals surface area contributed by atoms with Crippen LogP contribution in [0.2, 0.25) is 0 Å². The quantitative estimate of drug-likeness (QED) is 0.119. The normalized spacial score (nSPS) is 12.6. The van der Waals surface area contributed by atoms with Crippen LogP contribution in [0.5, 0.6) is 5.75 Å². The maximum absolute atomic E-state index is 13.9. The third-order valence-corrected chi connectivity index (χ3v) is 10.0. The lowest BCUT2D eigenvalue weighted by Crippen LogP contribution is -2.27. The molecule has 0 aliphatic carbocycles. The highest BCUT2D eigenvalue weighted by molar-refractivity contribution is 8.01. The first-order valence-corrected chi connectivity index (χ1v) is 16.9. The molecule has 0 aliphatic rings. The minimum absolute atomic E-state index is 0.0822. The Bertz CT molecular complexity index is 1640. The Hall–Kier alpha value is -3.35. The van der Waals surface area contributed by atoms with Crippen molar-refractivity contribution in [1.82, 2.24) is 0 Å². The number of benzene rings is 2. The van der Waals surface area contributed by atoms with Gasteiger partial charge in [0.2, 0.25) is 9.84 Å². The second kappa shape index (κ2) is 13.1. The highest BCUT2D eigenvalue weighted by Gasteiger charge is 2.26. The number of nitrogens with zero attached hydrogens (tertiary/aromatic N) is 1. The number of carbonyl (C=O) groups excluding carboxylic acids is 2. The van der Waals surface area contributed by atoms with E-state index in [4.69, 9.17) is 19.9 Å². The Kier molecular flexibility index (Phi) is 10.4. The van der Waals surface area contributed by atoms with Crippen molar-refractivity contribution in [2.75, 3.05) is 12.9 Å². The number of rotatable bonds is 8. The molecule has 0 unspecified atom stereocenters. The standard InChI is InChI=1S/C31H38N2O7S3/c1-18-13-21(38-17-25(34)39-30(3,4)5)14-19(2)26(18)20-11-10-12-22(15-20)43(36,37)24-16-23(42-28(24)41-9)27(32)33-29(35)40-31(6,7)8/h10-16H,17H2,1-9H3,(H2,32,33,35). The van der Waals surface area contributed by atoms with Crippen molar-refractivity contribution >= 4 is 50.8 Å². The molecule has 0 saturated carbocycles. The van der Waals surface area contributed by atoms with Gasteiger partial charge in [0.05, 0.1) is 18.9 Å². The summed E-state index contributed by atoms with van der Waals surface area (Å²) in [5.41, 5.74) is 7.97. The van der Waals surface area contributed by atoms with Crippen LogP contribution < -0.4 is 10.5 Å². The zero-order chi connectivity index (χ0) is 32.3. The predicted molar refractivity (Wildman–Crippen MR) is 171 cm³/mol. The number of ether oxygens (including phenoxy) is 3. The summed E-state index contributed by atoms with van der Waals surface area (Å²) >= 11 is 2.41. The largest absolute Gasteiger partial charge is 0.482 e. The summed E-state index contributed by atoms with van der Waals surface area (Å²) in [5.74, 6) is -0.0803. The molecule has 9 nitrogen and oxygen atoms in total. The average molecular weight is 647 g/mol. The molecule has 12 heteroatoms. The molecule has 3 rings (SSSR count). The molecule has 0 fully saturated rings. The molecule has 0 bridgehead atoms. The number of aliphatic imine (C=N–C) groups is 1. The van der Waals surface area contributed by atoms with Crippen molar-refractivity contribution in [3.05, 3.63) is 58.5 Å². The van der Waals surface area contributed by atoms with Gasteiger partial charge in [-0.2, -0.15) is 4.99 Å². The molecule has 1 heterocycles. The molecule has 0 radical (unpaired) electrons. The van der Waals surface area contributed by atoms with Crippen LogP contribution in [0.3, 0.4) is 0 Å². The number of thioether (sulfide) groups is 1. The molecule has 232 valence electrons. The molecule has 0 spiro atoms. The van der Waals surface area contributed by atoms with E-state index < -0.39 is 33.1 Å². The van der Waals surface area contributed by atoms with Crippen LogP contribution in [0.4, 0.5) is 4.79 Å². The topological polar surface area (TPSA) is 134 Å². The van der Waals surface area contributed by atoms with Crippen LogP contribution in [0.1, 0.15) is 57.5 Å². The second-order valence-corrected chi connectivity index (χ2v) is 15.8. The molecule has 0 saturated heterocycles. The fourth-order valence-electron chi connectivity index (χ4n) is 4.17. The first-order valence-electron chi connectivity index (χ1n) is 13.4. The second-order valence-electron chi connectivity index (χ2n) is 11.8. The van der Waals surface area contributed by atoms with Crippen molar-refractivity contribution in [1.29, 1.82) is 0 Å². The van der Waals surface area contributed by atoms with Gasteiger partial charge in [-0.25, -0.2) is 18.0 Å². The summed E-state index contributed by atoms with van der Waals surface area (Å²) in [6.07, 6.45) is 0.916. The van der Waals surface area contributed by atoms with E-state index in [0.29, 0.717) is 20.4 Å². The number of amidine groups is 1. The molecule has 0 aliphatic heterocycles. The van der Waals surface area contributed by atoms with Gasteiger partial charge in [-0.1, -0.05) is 12.1 Å². The number of esters is 1. The van der Waals surface area contributed by atoms with Gasteiger partial charge >= 0.3 is 12.1 Å². The van der Waals surface area contributed by atoms with Crippen molar-refractivity contribution in [3.8, 4) is 16.9 Å². The molecule has 43 heavy (non-hydrogen) atoms. The average Bonchev–Trinajstić information content (AvgIpc) is 3.31. The summed E-state index contributed by atoms with van der Waals surface area (Å²) in [5, 5.41) is 0. The summed E-state index contributed by atoms with van der Waals surface area (Å²) < 4.78 is 44.4. The lowest BCUT2D eigenvalue weighted by Gasteiger charge is -2.20. The van der Waals surface area contributed by atoms with E-state index in [1.165, 1.54) is 17.8 Å². The monoisotopic (exact) mass is 646 g/mol. The Morgan fingerprint density at radius 3 is 2.12 bits per heavy atom. The van der Waals surface area contributed by atoms with Crippen LogP contribution in [0.25, 0.3) is 11.1 Å². The highest BCUT2D eigenvalue weighted by atomic mass is 32.2. The van der Waals surface area contributed by atoms with Crippen LogP contribution >= 0.6 is 23.1 Å². The molecule has 0 atom stereocenters. The number of aryl methyl sites for hydroxylation is 2. The van der Waals surface area contributed by atoms with Gasteiger partial charge in [0.25, 0.3) is 0 Å². The maximum atomic E-state index is 13.9. The molecule has 1 aromatic heterocycles. The van der Waals surface area contributed by atoms with E-state index in [-0.39, 0.29) is 22.2 Å². The number of sulfone groups is 1. The molecule has 1 amide bonds. The minimum Gasteiger partial charge on any atom is -0.482 e. The van der Waals surface area contributed by atoms with Crippen molar-refractivity contribution in [2.45, 2.75) is 80.6 Å². The van der Waals surface area contributed by atoms with Crippen LogP contribution in [-0.2, 0) is 24.1 Å². The summed E-state index contributed by atoms with van der Waals surface area (Å²) in [4.78, 5) is 28.6. The van der Waals surface area contributed by atoms with Gasteiger partial charge in [-0.3, -0.25) is 0 Å². The number of carbonyl (C=O) groups is 2. The van der Waals surface area contributed by atoms with Crippen LogP contribution in [0, 0.1) is 13.8 Å². The molecular formula is C31H38N2O7S3. The van der Waals surface area contributed by atoms with Crippen molar-refractivity contribution < 1.29 is 32.2 Å². The van der Waals surface area contributed by atoms with Crippen molar-refractivity contribution in [2.24, 2.45) is 10.7 Å². The van der Waals surface area contributed by atoms with E-state index in [2.05, 4.69) is 4.99 Å². The maximum Gasteiger partial charge on any atom is 0.436 e. The first-order chi connectivity index (χ1) is 19.8. The SMILES string of the molecule is CSc1sc(C(N)=NC(=O)OC(C)(C)C)cc1S(=O)(=O)c1cccc(-c2c(C)cc(OCC(=O)OC(C)(C)C)cc2C)c1. The van der Waals surface area contributed by atoms with E-state index in [1.807, 2.05) is 19.9 Å². The fourth-order valence-corrected chi connectivity index (χ4v) is 8.12. The summed E-state index contributed by atoms with van der Waals surface area (Å²) in [6.45, 7) is 14.1. The van der Waals surface area contributed by atoms with Gasteiger partial charge in [-0.15, -0.1) is 23.1 Å². The van der Waals surface area contributed by atoms with Gasteiger partial charge < -0.3 is 19.9 Å². The minimum atomic E-state index is -3.96. The number of amides is 1. The van der Waals surface area contributed by atoms with E-state index >= 15 is 0 Å². The smallest absolute Gasteiger partial charge is 0.436 e. The third-order valence-electron chi connectivity index (χ3n) is 5.71. The Morgan fingerprint density at radius 2 is 1.56 bits per heavy atom. The molecular weight excluding hydrogens is 609 g/mol. The number of nitrogens with two attached hydrogens (primary N) is 1. The summed E-state index contributed by atoms with van der Waals surface area (Å²) in [7, 11) is -3.96. The zero-order valence-electron chi connectivity index (χ0n) is 25.9. The van der Waals surface area contributed by atoms with Gasteiger partial charge in [0, 0.05) is 0 Å². The Labute approximate surface area is 261 Å². The van der Waals surface area contributed by atoms with Crippen LogP contribution in [0.15, 0.2) is 61.5 Å². The Morgan fingerprint density at radius 1 is 0.953 bits per heavy atom. The first kappa shape index (κ1) is 34.1.